The van der Waals surface area contributed by atoms with Gasteiger partial charge in [0.2, 0.25) is 11.8 Å². The number of anilines is 2. The Kier molecular flexibility index (Phi) is 9.12. The number of aromatic nitrogens is 4. The predicted octanol–water partition coefficient (Wildman–Crippen LogP) is 6.43. The van der Waals surface area contributed by atoms with Crippen LogP contribution in [-0.4, -0.2) is 64.9 Å². The van der Waals surface area contributed by atoms with E-state index < -0.39 is 16.1 Å². The van der Waals surface area contributed by atoms with Crippen LogP contribution in [0.1, 0.15) is 74.8 Å². The molecule has 4 heterocycles. The standard InChI is InChI=1S/C37H45N7O4S/c1-24-10-8-11-25(2)33(24)30-17-32-41-35(40-30)42-49(46,47)29-13-9-12-26(16-29)34(45)44(27(22-48-32)18-36(3,4)5)21-31-38-19-28(20-39-31)43-15-14-37(6,7)23-43/h8-13,16-17,19-20,27H,14-15,18,21-23H2,1-7H3,(H,40,41,42)/t27-/m1/s1. The summed E-state index contributed by atoms with van der Waals surface area (Å²) in [5, 5.41) is 0. The number of carbonyl (C=O) groups is 1. The molecule has 1 amide bonds. The molecule has 12 heteroatoms. The molecule has 1 atom stereocenters. The van der Waals surface area contributed by atoms with E-state index in [1.807, 2.05) is 44.4 Å². The van der Waals surface area contributed by atoms with E-state index >= 15 is 0 Å². The summed E-state index contributed by atoms with van der Waals surface area (Å²) in [6, 6.07) is 13.2. The van der Waals surface area contributed by atoms with Crippen LogP contribution in [0, 0.1) is 24.7 Å². The molecule has 258 valence electrons. The van der Waals surface area contributed by atoms with Gasteiger partial charge in [0, 0.05) is 30.3 Å². The summed E-state index contributed by atoms with van der Waals surface area (Å²) in [7, 11) is -4.17. The number of nitrogens with zero attached hydrogens (tertiary/aromatic N) is 6. The topological polar surface area (TPSA) is 131 Å². The van der Waals surface area contributed by atoms with Crippen LogP contribution in [0.3, 0.4) is 0 Å². The lowest BCUT2D eigenvalue weighted by molar-refractivity contribution is 0.0505. The Morgan fingerprint density at radius 2 is 1.69 bits per heavy atom. The van der Waals surface area contributed by atoms with E-state index in [0.29, 0.717) is 17.9 Å². The van der Waals surface area contributed by atoms with Gasteiger partial charge in [0.25, 0.3) is 15.9 Å². The minimum atomic E-state index is -4.17. The molecule has 0 radical (unpaired) electrons. The van der Waals surface area contributed by atoms with E-state index in [1.165, 1.54) is 12.1 Å². The second kappa shape index (κ2) is 13.0. The first-order valence-corrected chi connectivity index (χ1v) is 18.1. The van der Waals surface area contributed by atoms with E-state index in [4.69, 9.17) is 14.7 Å². The molecular formula is C37H45N7O4S. The second-order valence-corrected chi connectivity index (χ2v) is 16.9. The first-order valence-electron chi connectivity index (χ1n) is 16.7. The number of ether oxygens (including phenoxy) is 1. The van der Waals surface area contributed by atoms with Crippen molar-refractivity contribution in [2.45, 2.75) is 78.8 Å². The molecule has 6 rings (SSSR count). The average molecular weight is 684 g/mol. The summed E-state index contributed by atoms with van der Waals surface area (Å²) in [5.74, 6) is 0.199. The van der Waals surface area contributed by atoms with Crippen LogP contribution >= 0.6 is 0 Å². The molecule has 2 aliphatic rings. The number of aryl methyl sites for hydroxylation is 2. The highest BCUT2D eigenvalue weighted by Gasteiger charge is 2.33. The normalized spacial score (nSPS) is 18.9. The zero-order valence-electron chi connectivity index (χ0n) is 29.3. The van der Waals surface area contributed by atoms with Gasteiger partial charge in [-0.05, 0) is 66.8 Å². The molecule has 2 aromatic carbocycles. The number of carbonyl (C=O) groups excluding carboxylic acids is 1. The second-order valence-electron chi connectivity index (χ2n) is 15.2. The van der Waals surface area contributed by atoms with Gasteiger partial charge in [-0.2, -0.15) is 4.98 Å². The van der Waals surface area contributed by atoms with Crippen molar-refractivity contribution in [1.82, 2.24) is 24.8 Å². The molecule has 0 unspecified atom stereocenters. The van der Waals surface area contributed by atoms with Gasteiger partial charge >= 0.3 is 0 Å². The van der Waals surface area contributed by atoms with Crippen LogP contribution in [0.4, 0.5) is 11.6 Å². The Balaban J connectivity index is 1.43. The SMILES string of the molecule is Cc1cccc(C)c1-c1cc2nc(n1)NS(=O)(=O)c1cccc(c1)C(=O)N(Cc1ncc(N3CCC(C)(C)C3)cn1)[C@H](CC(C)(C)C)CO2. The maximum atomic E-state index is 14.4. The minimum absolute atomic E-state index is 0.0809. The Morgan fingerprint density at radius 3 is 2.35 bits per heavy atom. The van der Waals surface area contributed by atoms with Crippen molar-refractivity contribution in [2.75, 3.05) is 29.3 Å². The van der Waals surface area contributed by atoms with Crippen LogP contribution in [0.5, 0.6) is 5.88 Å². The van der Waals surface area contributed by atoms with Crippen LogP contribution in [-0.2, 0) is 16.6 Å². The summed E-state index contributed by atoms with van der Waals surface area (Å²) in [6.45, 7) is 16.9. The molecule has 1 fully saturated rings. The van der Waals surface area contributed by atoms with E-state index in [0.717, 1.165) is 41.9 Å². The molecule has 4 aromatic rings. The molecule has 0 aliphatic carbocycles. The van der Waals surface area contributed by atoms with Gasteiger partial charge in [-0.15, -0.1) is 0 Å². The van der Waals surface area contributed by atoms with Crippen LogP contribution < -0.4 is 14.4 Å². The van der Waals surface area contributed by atoms with Crippen LogP contribution in [0.25, 0.3) is 11.3 Å². The number of rotatable bonds is 5. The van der Waals surface area contributed by atoms with Crippen molar-refractivity contribution in [3.8, 4) is 17.1 Å². The Labute approximate surface area is 289 Å². The van der Waals surface area contributed by atoms with Crippen molar-refractivity contribution in [3.05, 3.63) is 83.4 Å². The third-order valence-electron chi connectivity index (χ3n) is 9.08. The number of nitrogens with one attached hydrogen (secondary N) is 1. The fourth-order valence-corrected chi connectivity index (χ4v) is 7.61. The lowest BCUT2D eigenvalue weighted by atomic mass is 9.87. The van der Waals surface area contributed by atoms with Gasteiger partial charge < -0.3 is 14.5 Å². The first-order chi connectivity index (χ1) is 23.1. The third kappa shape index (κ3) is 7.85. The maximum absolute atomic E-state index is 14.4. The highest BCUT2D eigenvalue weighted by molar-refractivity contribution is 7.92. The number of sulfonamides is 1. The highest BCUT2D eigenvalue weighted by atomic mass is 32.2. The summed E-state index contributed by atoms with van der Waals surface area (Å²) < 4.78 is 36.3. The van der Waals surface area contributed by atoms with Gasteiger partial charge in [0.05, 0.1) is 41.3 Å². The first kappa shape index (κ1) is 34.3. The number of fused-ring (bicyclic) bond motifs is 4. The van der Waals surface area contributed by atoms with Gasteiger partial charge in [0.15, 0.2) is 0 Å². The van der Waals surface area contributed by atoms with Gasteiger partial charge in [-0.3, -0.25) is 4.79 Å². The summed E-state index contributed by atoms with van der Waals surface area (Å²) in [5.41, 5.74) is 4.55. The third-order valence-corrected chi connectivity index (χ3v) is 10.4. The predicted molar refractivity (Wildman–Crippen MR) is 190 cm³/mol. The maximum Gasteiger partial charge on any atom is 0.264 e. The van der Waals surface area contributed by atoms with E-state index in [-0.39, 0.29) is 52.2 Å². The Morgan fingerprint density at radius 1 is 1.00 bits per heavy atom. The number of benzene rings is 2. The van der Waals surface area contributed by atoms with Crippen molar-refractivity contribution in [1.29, 1.82) is 0 Å². The Bertz CT molecular complexity index is 1950. The molecule has 1 saturated heterocycles. The van der Waals surface area contributed by atoms with Gasteiger partial charge in [0.1, 0.15) is 12.4 Å². The summed E-state index contributed by atoms with van der Waals surface area (Å²) in [6.07, 6.45) is 5.31. The lowest BCUT2D eigenvalue weighted by Crippen LogP contribution is -2.45. The average Bonchev–Trinajstić information content (AvgIpc) is 3.40. The smallest absolute Gasteiger partial charge is 0.264 e. The molecule has 49 heavy (non-hydrogen) atoms. The van der Waals surface area contributed by atoms with Crippen LogP contribution in [0.2, 0.25) is 0 Å². The Hall–Kier alpha value is -4.58. The number of amides is 1. The van der Waals surface area contributed by atoms with Crippen molar-refractivity contribution >= 4 is 27.6 Å². The van der Waals surface area contributed by atoms with E-state index in [1.54, 1.807) is 23.1 Å². The zero-order valence-corrected chi connectivity index (χ0v) is 30.1. The molecule has 0 saturated carbocycles. The molecule has 1 N–H and O–H groups in total. The summed E-state index contributed by atoms with van der Waals surface area (Å²) in [4.78, 5) is 36.8. The van der Waals surface area contributed by atoms with Gasteiger partial charge in [-0.25, -0.2) is 28.1 Å². The number of hydrogen-bond acceptors (Lipinski definition) is 9. The lowest BCUT2D eigenvalue weighted by Gasteiger charge is -2.35. The van der Waals surface area contributed by atoms with Crippen molar-refractivity contribution in [3.63, 3.8) is 0 Å². The highest BCUT2D eigenvalue weighted by Crippen LogP contribution is 2.33. The van der Waals surface area contributed by atoms with Crippen molar-refractivity contribution in [2.24, 2.45) is 10.8 Å². The van der Waals surface area contributed by atoms with Crippen molar-refractivity contribution < 1.29 is 17.9 Å². The number of hydrogen-bond donors (Lipinski definition) is 1. The minimum Gasteiger partial charge on any atom is -0.475 e. The summed E-state index contributed by atoms with van der Waals surface area (Å²) >= 11 is 0. The molecule has 11 nitrogen and oxygen atoms in total. The monoisotopic (exact) mass is 683 g/mol. The van der Waals surface area contributed by atoms with E-state index in [2.05, 4.69) is 54.2 Å². The van der Waals surface area contributed by atoms with Gasteiger partial charge in [-0.1, -0.05) is 58.9 Å². The van der Waals surface area contributed by atoms with E-state index in [9.17, 15) is 13.2 Å². The zero-order chi connectivity index (χ0) is 35.1. The quantitative estimate of drug-likeness (QED) is 0.253. The largest absolute Gasteiger partial charge is 0.475 e. The fraction of sp³-hybridized carbons (Fsp3) is 0.432. The molecular weight excluding hydrogens is 639 g/mol. The fourth-order valence-electron chi connectivity index (χ4n) is 6.62. The van der Waals surface area contributed by atoms with Crippen LogP contribution in [0.15, 0.2) is 65.8 Å². The molecule has 2 aliphatic heterocycles. The molecule has 2 aromatic heterocycles. The molecule has 4 bridgehead atoms. The molecule has 0 spiro atoms.